The Morgan fingerprint density at radius 3 is 2.55 bits per heavy atom. The maximum Gasteiger partial charge on any atom is 0.329 e. The number of rotatable bonds is 7. The van der Waals surface area contributed by atoms with E-state index in [1.807, 2.05) is 6.92 Å². The summed E-state index contributed by atoms with van der Waals surface area (Å²) < 4.78 is 23.5. The van der Waals surface area contributed by atoms with Crippen molar-refractivity contribution >= 4 is 5.97 Å². The Morgan fingerprint density at radius 2 is 2.05 bits per heavy atom. The Bertz CT molecular complexity index is 459. The third-order valence-corrected chi connectivity index (χ3v) is 3.60. The summed E-state index contributed by atoms with van der Waals surface area (Å²) >= 11 is 0. The summed E-state index contributed by atoms with van der Waals surface area (Å²) in [7, 11) is 1.38. The Morgan fingerprint density at radius 1 is 1.40 bits per heavy atom. The maximum absolute atomic E-state index is 12.9. The Balaban J connectivity index is 2.10. The summed E-state index contributed by atoms with van der Waals surface area (Å²) in [6.45, 7) is 2.78. The molecule has 2 rings (SSSR count). The lowest BCUT2D eigenvalue weighted by Crippen LogP contribution is -2.58. The van der Waals surface area contributed by atoms with Gasteiger partial charge in [-0.1, -0.05) is 6.92 Å². The van der Waals surface area contributed by atoms with Crippen molar-refractivity contribution in [1.29, 1.82) is 0 Å². The Hall–Kier alpha value is -1.62. The topological polar surface area (TPSA) is 47.6 Å². The van der Waals surface area contributed by atoms with Gasteiger partial charge >= 0.3 is 5.97 Å². The molecule has 1 aliphatic carbocycles. The molecule has 1 unspecified atom stereocenters. The van der Waals surface area contributed by atoms with Gasteiger partial charge < -0.3 is 9.47 Å². The number of hydrogen-bond acceptors (Lipinski definition) is 4. The highest BCUT2D eigenvalue weighted by Crippen LogP contribution is 2.40. The van der Waals surface area contributed by atoms with Crippen molar-refractivity contribution in [2.24, 2.45) is 5.92 Å². The van der Waals surface area contributed by atoms with Gasteiger partial charge in [0.05, 0.1) is 7.11 Å². The number of carbonyl (C=O) groups is 1. The first-order chi connectivity index (χ1) is 9.62. The number of carbonyl (C=O) groups excluding carboxylic acids is 1. The number of ether oxygens (including phenoxy) is 2. The number of methoxy groups -OCH3 is 1. The van der Waals surface area contributed by atoms with Crippen molar-refractivity contribution < 1.29 is 18.7 Å². The summed E-state index contributed by atoms with van der Waals surface area (Å²) in [6.07, 6.45) is 1.96. The van der Waals surface area contributed by atoms with Crippen LogP contribution in [-0.2, 0) is 9.53 Å². The molecule has 0 spiro atoms. The minimum Gasteiger partial charge on any atom is -0.491 e. The highest BCUT2D eigenvalue weighted by atomic mass is 19.1. The van der Waals surface area contributed by atoms with E-state index < -0.39 is 5.54 Å². The Kier molecular flexibility index (Phi) is 4.60. The molecular weight excluding hydrogens is 261 g/mol. The fourth-order valence-electron chi connectivity index (χ4n) is 2.41. The van der Waals surface area contributed by atoms with Crippen molar-refractivity contribution in [2.75, 3.05) is 20.3 Å². The molecule has 1 saturated carbocycles. The minimum absolute atomic E-state index is 0.184. The van der Waals surface area contributed by atoms with Gasteiger partial charge in [0.25, 0.3) is 0 Å². The molecule has 1 aromatic carbocycles. The molecular formula is C15H20FNO3. The normalized spacial score (nSPS) is 17.4. The number of likely N-dealkylation sites (N-methyl/N-ethyl adjacent to an activating group) is 1. The van der Waals surface area contributed by atoms with Crippen molar-refractivity contribution in [3.63, 3.8) is 0 Å². The summed E-state index contributed by atoms with van der Waals surface area (Å²) in [5, 5.41) is 3.22. The first-order valence-corrected chi connectivity index (χ1v) is 6.84. The highest BCUT2D eigenvalue weighted by molar-refractivity contribution is 5.82. The molecule has 5 heteroatoms. The minimum atomic E-state index is -0.808. The van der Waals surface area contributed by atoms with E-state index in [4.69, 9.17) is 9.47 Å². The number of esters is 1. The van der Waals surface area contributed by atoms with Gasteiger partial charge in [0.2, 0.25) is 0 Å². The van der Waals surface area contributed by atoms with Crippen molar-refractivity contribution in [1.82, 2.24) is 5.32 Å². The molecule has 0 saturated heterocycles. The standard InChI is InChI=1S/C15H20FNO3/c1-3-17-15(11-4-5-11,14(18)19-2)10-20-13-8-6-12(16)7-9-13/h6-9,11,17H,3-5,10H2,1-2H3. The molecule has 4 nitrogen and oxygen atoms in total. The quantitative estimate of drug-likeness (QED) is 0.778. The van der Waals surface area contributed by atoms with Crippen LogP contribution in [0.1, 0.15) is 19.8 Å². The lowest BCUT2D eigenvalue weighted by Gasteiger charge is -2.31. The van der Waals surface area contributed by atoms with Gasteiger partial charge in [0, 0.05) is 0 Å². The van der Waals surface area contributed by atoms with Crippen LogP contribution in [0.5, 0.6) is 5.75 Å². The van der Waals surface area contributed by atoms with Crippen LogP contribution in [-0.4, -0.2) is 31.8 Å². The fourth-order valence-corrected chi connectivity index (χ4v) is 2.41. The summed E-state index contributed by atoms with van der Waals surface area (Å²) in [5.41, 5.74) is -0.808. The SMILES string of the molecule is CCNC(COc1ccc(F)cc1)(C(=O)OC)C1CC1. The van der Waals surface area contributed by atoms with E-state index in [0.717, 1.165) is 12.8 Å². The molecule has 0 amide bonds. The molecule has 20 heavy (non-hydrogen) atoms. The zero-order valence-corrected chi connectivity index (χ0v) is 11.8. The molecule has 0 radical (unpaired) electrons. The predicted molar refractivity (Wildman–Crippen MR) is 73.0 cm³/mol. The molecule has 0 heterocycles. The molecule has 110 valence electrons. The van der Waals surface area contributed by atoms with Crippen molar-refractivity contribution in [3.05, 3.63) is 30.1 Å². The van der Waals surface area contributed by atoms with Crippen LogP contribution in [0.2, 0.25) is 0 Å². The molecule has 0 bridgehead atoms. The third-order valence-electron chi connectivity index (χ3n) is 3.60. The van der Waals surface area contributed by atoms with Crippen LogP contribution in [0.4, 0.5) is 4.39 Å². The van der Waals surface area contributed by atoms with Gasteiger partial charge in [0.1, 0.15) is 18.2 Å². The molecule has 1 N–H and O–H groups in total. The number of benzene rings is 1. The second kappa shape index (κ2) is 6.22. The van der Waals surface area contributed by atoms with Gasteiger partial charge in [-0.25, -0.2) is 9.18 Å². The van der Waals surface area contributed by atoms with Crippen molar-refractivity contribution in [2.45, 2.75) is 25.3 Å². The molecule has 0 aliphatic heterocycles. The first kappa shape index (κ1) is 14.8. The molecule has 0 aromatic heterocycles. The van der Waals surface area contributed by atoms with E-state index in [1.165, 1.54) is 19.2 Å². The van der Waals surface area contributed by atoms with Gasteiger partial charge in [-0.3, -0.25) is 5.32 Å². The summed E-state index contributed by atoms with van der Waals surface area (Å²) in [5.74, 6) is 0.156. The lowest BCUT2D eigenvalue weighted by molar-refractivity contribution is -0.151. The molecule has 1 atom stereocenters. The van der Waals surface area contributed by atoms with Crippen LogP contribution >= 0.6 is 0 Å². The van der Waals surface area contributed by atoms with Crippen LogP contribution in [0, 0.1) is 11.7 Å². The van der Waals surface area contributed by atoms with Gasteiger partial charge in [0.15, 0.2) is 5.54 Å². The number of hydrogen-bond donors (Lipinski definition) is 1. The van der Waals surface area contributed by atoms with E-state index in [0.29, 0.717) is 12.3 Å². The van der Waals surface area contributed by atoms with Crippen LogP contribution in [0.25, 0.3) is 0 Å². The van der Waals surface area contributed by atoms with E-state index in [2.05, 4.69) is 5.32 Å². The van der Waals surface area contributed by atoms with E-state index in [9.17, 15) is 9.18 Å². The lowest BCUT2D eigenvalue weighted by atomic mass is 9.94. The maximum atomic E-state index is 12.9. The van der Waals surface area contributed by atoms with Gasteiger partial charge in [-0.05, 0) is 49.6 Å². The first-order valence-electron chi connectivity index (χ1n) is 6.84. The van der Waals surface area contributed by atoms with Gasteiger partial charge in [-0.15, -0.1) is 0 Å². The fraction of sp³-hybridized carbons (Fsp3) is 0.533. The number of halogens is 1. The predicted octanol–water partition coefficient (Wildman–Crippen LogP) is 2.14. The van der Waals surface area contributed by atoms with E-state index in [-0.39, 0.29) is 24.3 Å². The average Bonchev–Trinajstić information content (AvgIpc) is 3.29. The van der Waals surface area contributed by atoms with E-state index >= 15 is 0 Å². The monoisotopic (exact) mass is 281 g/mol. The zero-order chi connectivity index (χ0) is 14.6. The Labute approximate surface area is 118 Å². The smallest absolute Gasteiger partial charge is 0.329 e. The molecule has 1 aromatic rings. The summed E-state index contributed by atoms with van der Waals surface area (Å²) in [6, 6.07) is 5.77. The van der Waals surface area contributed by atoms with Crippen LogP contribution in [0.15, 0.2) is 24.3 Å². The van der Waals surface area contributed by atoms with Crippen LogP contribution < -0.4 is 10.1 Å². The average molecular weight is 281 g/mol. The van der Waals surface area contributed by atoms with E-state index in [1.54, 1.807) is 12.1 Å². The van der Waals surface area contributed by atoms with Gasteiger partial charge in [-0.2, -0.15) is 0 Å². The zero-order valence-electron chi connectivity index (χ0n) is 11.8. The molecule has 1 aliphatic rings. The second-order valence-electron chi connectivity index (χ2n) is 5.01. The molecule has 1 fully saturated rings. The summed E-state index contributed by atoms with van der Waals surface area (Å²) in [4.78, 5) is 12.2. The number of nitrogens with one attached hydrogen (secondary N) is 1. The van der Waals surface area contributed by atoms with Crippen molar-refractivity contribution in [3.8, 4) is 5.75 Å². The third kappa shape index (κ3) is 3.10. The largest absolute Gasteiger partial charge is 0.491 e. The van der Waals surface area contributed by atoms with Crippen LogP contribution in [0.3, 0.4) is 0 Å². The highest BCUT2D eigenvalue weighted by Gasteiger charge is 2.52. The second-order valence-corrected chi connectivity index (χ2v) is 5.01.